The van der Waals surface area contributed by atoms with Gasteiger partial charge in [-0.15, -0.1) is 0 Å². The topological polar surface area (TPSA) is 46.6 Å². The summed E-state index contributed by atoms with van der Waals surface area (Å²) in [5.41, 5.74) is 1.03. The second-order valence-electron chi connectivity index (χ2n) is 7.87. The van der Waals surface area contributed by atoms with Crippen molar-refractivity contribution in [3.63, 3.8) is 0 Å². The fraction of sp³-hybridized carbons (Fsp3) is 0.600. The number of benzene rings is 1. The number of likely N-dealkylation sites (tertiary alicyclic amines) is 1. The van der Waals surface area contributed by atoms with E-state index in [4.69, 9.17) is 4.74 Å². The number of Topliss-reactive ketones (excluding diaryl/α,β-unsaturated/α-hetero) is 1. The molecule has 1 aromatic rings. The minimum Gasteiger partial charge on any atom is -0.496 e. The van der Waals surface area contributed by atoms with Crippen LogP contribution >= 0.6 is 0 Å². The highest BCUT2D eigenvalue weighted by Gasteiger charge is 2.49. The molecule has 1 aliphatic carbocycles. The fourth-order valence-corrected chi connectivity index (χ4v) is 4.35. The quantitative estimate of drug-likeness (QED) is 0.855. The van der Waals surface area contributed by atoms with Gasteiger partial charge in [0, 0.05) is 31.0 Å². The summed E-state index contributed by atoms with van der Waals surface area (Å²) in [6.45, 7) is 7.66. The van der Waals surface area contributed by atoms with Crippen LogP contribution < -0.4 is 4.74 Å². The van der Waals surface area contributed by atoms with Gasteiger partial charge < -0.3 is 9.64 Å². The molecule has 1 aliphatic heterocycles. The van der Waals surface area contributed by atoms with Crippen molar-refractivity contribution in [1.29, 1.82) is 0 Å². The van der Waals surface area contributed by atoms with E-state index in [1.54, 1.807) is 7.11 Å². The average Bonchev–Trinajstić information content (AvgIpc) is 3.04. The zero-order valence-electron chi connectivity index (χ0n) is 15.0. The maximum absolute atomic E-state index is 13.0. The number of hydrogen-bond donors (Lipinski definition) is 0. The predicted molar refractivity (Wildman–Crippen MR) is 93.0 cm³/mol. The lowest BCUT2D eigenvalue weighted by molar-refractivity contribution is -0.131. The van der Waals surface area contributed by atoms with Crippen molar-refractivity contribution in [2.24, 2.45) is 17.3 Å². The van der Waals surface area contributed by atoms with Crippen molar-refractivity contribution < 1.29 is 14.3 Å². The van der Waals surface area contributed by atoms with Crippen molar-refractivity contribution >= 4 is 11.7 Å². The van der Waals surface area contributed by atoms with Gasteiger partial charge in [0.05, 0.1) is 13.0 Å². The Bertz CT molecular complexity index is 652. The highest BCUT2D eigenvalue weighted by atomic mass is 16.5. The molecule has 1 saturated heterocycles. The first-order valence-electron chi connectivity index (χ1n) is 8.79. The molecule has 0 aromatic heterocycles. The lowest BCUT2D eigenvalue weighted by atomic mass is 9.64. The Labute approximate surface area is 144 Å². The van der Waals surface area contributed by atoms with E-state index in [0.29, 0.717) is 25.3 Å². The summed E-state index contributed by atoms with van der Waals surface area (Å²) in [6.07, 6.45) is 1.58. The smallest absolute Gasteiger partial charge is 0.230 e. The first-order chi connectivity index (χ1) is 11.3. The molecule has 3 atom stereocenters. The van der Waals surface area contributed by atoms with E-state index in [0.717, 1.165) is 17.7 Å². The van der Waals surface area contributed by atoms with Crippen LogP contribution in [-0.4, -0.2) is 36.8 Å². The van der Waals surface area contributed by atoms with Gasteiger partial charge in [0.15, 0.2) is 0 Å². The molecule has 1 saturated carbocycles. The molecule has 0 N–H and O–H groups in total. The Morgan fingerprint density at radius 1 is 1.29 bits per heavy atom. The summed E-state index contributed by atoms with van der Waals surface area (Å²) in [5.74, 6) is 1.21. The summed E-state index contributed by atoms with van der Waals surface area (Å²) in [5, 5.41) is 0. The van der Waals surface area contributed by atoms with Crippen LogP contribution in [0.4, 0.5) is 0 Å². The monoisotopic (exact) mass is 329 g/mol. The molecule has 4 nitrogen and oxygen atoms in total. The molecule has 1 heterocycles. The summed E-state index contributed by atoms with van der Waals surface area (Å²) in [6, 6.07) is 7.66. The van der Waals surface area contributed by atoms with Crippen molar-refractivity contribution in [1.82, 2.24) is 4.90 Å². The standard InChI is InChI=1S/C20H27NO3/c1-13(14-7-5-6-8-18(14)24-4)19(23)21-11-15-16(12-21)20(2,3)10-9-17(15)22/h5-8,13,15-16H,9-12H2,1-4H3/t13-,15?,16?/m0/s1. The molecule has 24 heavy (non-hydrogen) atoms. The summed E-state index contributed by atoms with van der Waals surface area (Å²) >= 11 is 0. The molecular formula is C20H27NO3. The van der Waals surface area contributed by atoms with Crippen molar-refractivity contribution in [3.8, 4) is 5.75 Å². The second kappa shape index (κ2) is 6.23. The molecule has 1 aromatic carbocycles. The first kappa shape index (κ1) is 17.0. The van der Waals surface area contributed by atoms with Gasteiger partial charge in [-0.3, -0.25) is 9.59 Å². The number of rotatable bonds is 3. The Morgan fingerprint density at radius 3 is 2.67 bits per heavy atom. The summed E-state index contributed by atoms with van der Waals surface area (Å²) in [7, 11) is 1.63. The van der Waals surface area contributed by atoms with Gasteiger partial charge in [-0.2, -0.15) is 0 Å². The minimum atomic E-state index is -0.264. The second-order valence-corrected chi connectivity index (χ2v) is 7.87. The van der Waals surface area contributed by atoms with Crippen molar-refractivity contribution in [2.45, 2.75) is 39.5 Å². The number of fused-ring (bicyclic) bond motifs is 1. The third-order valence-electron chi connectivity index (χ3n) is 6.04. The average molecular weight is 329 g/mol. The van der Waals surface area contributed by atoms with Gasteiger partial charge in [-0.05, 0) is 30.7 Å². The number of carbonyl (C=O) groups is 2. The van der Waals surface area contributed by atoms with Crippen molar-refractivity contribution in [3.05, 3.63) is 29.8 Å². The van der Waals surface area contributed by atoms with Crippen LogP contribution in [0.3, 0.4) is 0 Å². The Hall–Kier alpha value is -1.84. The maximum atomic E-state index is 13.0. The number of hydrogen-bond acceptors (Lipinski definition) is 3. The SMILES string of the molecule is COc1ccccc1[C@H](C)C(=O)N1CC2C(=O)CCC(C)(C)C2C1. The van der Waals surface area contributed by atoms with E-state index in [1.807, 2.05) is 36.1 Å². The zero-order valence-corrected chi connectivity index (χ0v) is 15.0. The number of ether oxygens (including phenoxy) is 1. The van der Waals surface area contributed by atoms with Crippen LogP contribution in [0.15, 0.2) is 24.3 Å². The highest BCUT2D eigenvalue weighted by Crippen LogP contribution is 2.46. The maximum Gasteiger partial charge on any atom is 0.230 e. The van der Waals surface area contributed by atoms with Gasteiger partial charge in [-0.25, -0.2) is 0 Å². The molecule has 3 rings (SSSR count). The lowest BCUT2D eigenvalue weighted by Crippen LogP contribution is -2.39. The van der Waals surface area contributed by atoms with Gasteiger partial charge in [0.25, 0.3) is 0 Å². The summed E-state index contributed by atoms with van der Waals surface area (Å²) < 4.78 is 5.40. The molecular weight excluding hydrogens is 302 g/mol. The third-order valence-corrected chi connectivity index (χ3v) is 6.04. The van der Waals surface area contributed by atoms with E-state index in [-0.39, 0.29) is 29.1 Å². The van der Waals surface area contributed by atoms with Crippen LogP contribution in [0.25, 0.3) is 0 Å². The van der Waals surface area contributed by atoms with E-state index >= 15 is 0 Å². The van der Waals surface area contributed by atoms with E-state index in [1.165, 1.54) is 0 Å². The highest BCUT2D eigenvalue weighted by molar-refractivity contribution is 5.87. The van der Waals surface area contributed by atoms with Gasteiger partial charge in [0.2, 0.25) is 5.91 Å². The number of amides is 1. The van der Waals surface area contributed by atoms with Crippen LogP contribution in [0.5, 0.6) is 5.75 Å². The molecule has 2 fully saturated rings. The third kappa shape index (κ3) is 2.83. The Morgan fingerprint density at radius 2 is 2.00 bits per heavy atom. The molecule has 130 valence electrons. The molecule has 1 amide bonds. The lowest BCUT2D eigenvalue weighted by Gasteiger charge is -2.38. The van der Waals surface area contributed by atoms with E-state index < -0.39 is 0 Å². The largest absolute Gasteiger partial charge is 0.496 e. The zero-order chi connectivity index (χ0) is 17.5. The Balaban J connectivity index is 1.80. The minimum absolute atomic E-state index is 0.0163. The van der Waals surface area contributed by atoms with Crippen molar-refractivity contribution in [2.75, 3.05) is 20.2 Å². The molecule has 2 unspecified atom stereocenters. The van der Waals surface area contributed by atoms with Gasteiger partial charge in [0.1, 0.15) is 11.5 Å². The van der Waals surface area contributed by atoms with E-state index in [2.05, 4.69) is 13.8 Å². The van der Waals surface area contributed by atoms with Gasteiger partial charge in [-0.1, -0.05) is 32.0 Å². The molecule has 2 aliphatic rings. The molecule has 0 radical (unpaired) electrons. The number of methoxy groups -OCH3 is 1. The number of ketones is 1. The first-order valence-corrected chi connectivity index (χ1v) is 8.79. The van der Waals surface area contributed by atoms with E-state index in [9.17, 15) is 9.59 Å². The molecule has 4 heteroatoms. The van der Waals surface area contributed by atoms with Crippen LogP contribution in [0.1, 0.15) is 45.1 Å². The predicted octanol–water partition coefficient (Wildman–Crippen LogP) is 3.26. The molecule has 0 spiro atoms. The number of para-hydroxylation sites is 1. The van der Waals surface area contributed by atoms with Gasteiger partial charge >= 0.3 is 0 Å². The fourth-order valence-electron chi connectivity index (χ4n) is 4.35. The number of nitrogens with zero attached hydrogens (tertiary/aromatic N) is 1. The Kier molecular flexibility index (Phi) is 4.41. The van der Waals surface area contributed by atoms with Crippen LogP contribution in [0.2, 0.25) is 0 Å². The van der Waals surface area contributed by atoms with Crippen LogP contribution in [0, 0.1) is 17.3 Å². The summed E-state index contributed by atoms with van der Waals surface area (Å²) in [4.78, 5) is 27.2. The molecule has 0 bridgehead atoms. The normalized spacial score (nSPS) is 26.8. The number of carbonyl (C=O) groups excluding carboxylic acids is 2. The van der Waals surface area contributed by atoms with Crippen LogP contribution in [-0.2, 0) is 9.59 Å².